The van der Waals surface area contributed by atoms with Crippen molar-refractivity contribution in [1.82, 2.24) is 10.2 Å². The molecule has 0 radical (unpaired) electrons. The summed E-state index contributed by atoms with van der Waals surface area (Å²) in [7, 11) is 3.17. The monoisotopic (exact) mass is 372 g/mol. The van der Waals surface area contributed by atoms with E-state index >= 15 is 0 Å². The van der Waals surface area contributed by atoms with Crippen LogP contribution in [0.3, 0.4) is 0 Å². The molecule has 0 aromatic heterocycles. The van der Waals surface area contributed by atoms with Crippen LogP contribution in [0.15, 0.2) is 35.3 Å². The van der Waals surface area contributed by atoms with E-state index in [-0.39, 0.29) is 35.2 Å². The Balaban J connectivity index is 1.72. The predicted octanol–water partition coefficient (Wildman–Crippen LogP) is 1.19. The molecule has 0 aromatic rings. The smallest absolute Gasteiger partial charge is 0.335 e. The maximum Gasteiger partial charge on any atom is 0.335 e. The Morgan fingerprint density at radius 3 is 2.96 bits per heavy atom. The van der Waals surface area contributed by atoms with Crippen LogP contribution in [0.5, 0.6) is 0 Å². The Kier molecular flexibility index (Phi) is 3.75. The third kappa shape index (κ3) is 2.06. The number of allylic oxidation sites excluding steroid dienone is 2. The third-order valence-electron chi connectivity index (χ3n) is 7.79. The van der Waals surface area contributed by atoms with Gasteiger partial charge in [-0.2, -0.15) is 0 Å². The first-order valence-electron chi connectivity index (χ1n) is 9.97. The van der Waals surface area contributed by atoms with Gasteiger partial charge >= 0.3 is 5.97 Å². The first-order chi connectivity index (χ1) is 13.0. The summed E-state index contributed by atoms with van der Waals surface area (Å²) in [6, 6.07) is 0.447. The average molecular weight is 372 g/mol. The Morgan fingerprint density at radius 1 is 1.44 bits per heavy atom. The van der Waals surface area contributed by atoms with Gasteiger partial charge in [-0.15, -0.1) is 0 Å². The molecule has 27 heavy (non-hydrogen) atoms. The highest BCUT2D eigenvalue weighted by molar-refractivity contribution is 5.91. The number of nitrogens with one attached hydrogen (secondary N) is 1. The molecule has 5 rings (SSSR count). The summed E-state index contributed by atoms with van der Waals surface area (Å²) in [4.78, 5) is 15.5. The molecular weight excluding hydrogens is 344 g/mol. The van der Waals surface area contributed by atoms with Gasteiger partial charge in [0.1, 0.15) is 5.76 Å². The fourth-order valence-electron chi connectivity index (χ4n) is 6.69. The average Bonchev–Trinajstić information content (AvgIpc) is 3.23. The summed E-state index contributed by atoms with van der Waals surface area (Å²) in [6.45, 7) is 3.69. The van der Waals surface area contributed by atoms with Gasteiger partial charge in [0.25, 0.3) is 0 Å². The number of carbonyl (C=O) groups excluding carboxylic acids is 1. The number of carbonyl (C=O) groups is 1. The van der Waals surface area contributed by atoms with Crippen molar-refractivity contribution in [3.8, 4) is 0 Å². The molecule has 2 aliphatic carbocycles. The number of piperidine rings is 1. The highest BCUT2D eigenvalue weighted by atomic mass is 16.5. The van der Waals surface area contributed by atoms with Crippen molar-refractivity contribution in [1.29, 1.82) is 0 Å². The van der Waals surface area contributed by atoms with Gasteiger partial charge in [-0.05, 0) is 32.4 Å². The van der Waals surface area contributed by atoms with Crippen molar-refractivity contribution in [3.63, 3.8) is 0 Å². The summed E-state index contributed by atoms with van der Waals surface area (Å²) in [5.74, 6) is 1.02. The number of esters is 1. The fraction of sp³-hybridized carbons (Fsp3) is 0.667. The lowest BCUT2D eigenvalue weighted by Crippen LogP contribution is -2.57. The zero-order chi connectivity index (χ0) is 18.9. The number of fused-ring (bicyclic) bond motifs is 2. The molecule has 146 valence electrons. The largest absolute Gasteiger partial charge is 0.499 e. The summed E-state index contributed by atoms with van der Waals surface area (Å²) >= 11 is 0. The van der Waals surface area contributed by atoms with Gasteiger partial charge in [-0.25, -0.2) is 4.79 Å². The second kappa shape index (κ2) is 5.85. The standard InChI is InChI=1S/C21H28N2O4/c1-11(24)13-10-23-8-7-21-14-5-4-6-15(26-2)18(14)22-19(21)17(20(25)27-3)12(13)9-16(21)23/h4-6,11-14,16,18,22,24H,7-10H2,1-3H3/t11-,12-,13+,14-,16-,18-,21-/m0/s1. The van der Waals surface area contributed by atoms with E-state index in [1.807, 2.05) is 13.0 Å². The van der Waals surface area contributed by atoms with Crippen molar-refractivity contribution in [3.05, 3.63) is 35.3 Å². The Bertz CT molecular complexity index is 770. The van der Waals surface area contributed by atoms with E-state index in [2.05, 4.69) is 22.4 Å². The van der Waals surface area contributed by atoms with Crippen LogP contribution in [0.2, 0.25) is 0 Å². The van der Waals surface area contributed by atoms with Gasteiger partial charge in [0.05, 0.1) is 31.9 Å². The second-order valence-corrected chi connectivity index (χ2v) is 8.63. The van der Waals surface area contributed by atoms with Crippen LogP contribution in [0, 0.1) is 23.2 Å². The highest BCUT2D eigenvalue weighted by Crippen LogP contribution is 2.63. The number of rotatable bonds is 3. The van der Waals surface area contributed by atoms with E-state index in [0.717, 1.165) is 43.0 Å². The van der Waals surface area contributed by atoms with E-state index in [1.54, 1.807) is 7.11 Å². The van der Waals surface area contributed by atoms with Crippen LogP contribution in [0.1, 0.15) is 19.8 Å². The van der Waals surface area contributed by atoms with Crippen molar-refractivity contribution >= 4 is 5.97 Å². The van der Waals surface area contributed by atoms with E-state index in [9.17, 15) is 9.90 Å². The number of ether oxygens (including phenoxy) is 2. The summed E-state index contributed by atoms with van der Waals surface area (Å²) in [6.07, 6.45) is 7.86. The minimum Gasteiger partial charge on any atom is -0.499 e. The molecular formula is C21H28N2O4. The molecule has 5 aliphatic rings. The zero-order valence-corrected chi connectivity index (χ0v) is 16.1. The summed E-state index contributed by atoms with van der Waals surface area (Å²) in [5.41, 5.74) is 1.72. The quantitative estimate of drug-likeness (QED) is 0.726. The van der Waals surface area contributed by atoms with Crippen molar-refractivity contribution < 1.29 is 19.4 Å². The number of hydrogen-bond acceptors (Lipinski definition) is 6. The Labute approximate surface area is 159 Å². The molecule has 1 spiro atoms. The van der Waals surface area contributed by atoms with Crippen molar-refractivity contribution in [2.45, 2.75) is 38.0 Å². The third-order valence-corrected chi connectivity index (χ3v) is 7.79. The molecule has 0 aromatic carbocycles. The lowest BCUT2D eigenvalue weighted by Gasteiger charge is -2.52. The molecule has 0 saturated carbocycles. The maximum absolute atomic E-state index is 12.9. The number of aliphatic hydroxyl groups excluding tert-OH is 1. The molecule has 2 bridgehead atoms. The number of methoxy groups -OCH3 is 2. The zero-order valence-electron chi connectivity index (χ0n) is 16.1. The Morgan fingerprint density at radius 2 is 2.26 bits per heavy atom. The highest BCUT2D eigenvalue weighted by Gasteiger charge is 2.67. The van der Waals surface area contributed by atoms with Gasteiger partial charge in [0, 0.05) is 41.5 Å². The normalized spacial score (nSPS) is 42.8. The van der Waals surface area contributed by atoms with Crippen molar-refractivity contribution in [2.24, 2.45) is 23.2 Å². The second-order valence-electron chi connectivity index (χ2n) is 8.63. The van der Waals surface area contributed by atoms with Gasteiger partial charge in [-0.3, -0.25) is 4.90 Å². The molecule has 3 aliphatic heterocycles. The molecule has 3 heterocycles. The van der Waals surface area contributed by atoms with Crippen LogP contribution >= 0.6 is 0 Å². The van der Waals surface area contributed by atoms with Crippen LogP contribution < -0.4 is 5.32 Å². The fourth-order valence-corrected chi connectivity index (χ4v) is 6.69. The van der Waals surface area contributed by atoms with E-state index in [4.69, 9.17) is 9.47 Å². The lowest BCUT2D eigenvalue weighted by molar-refractivity contribution is -0.138. The van der Waals surface area contributed by atoms with Gasteiger partial charge in [0.2, 0.25) is 0 Å². The van der Waals surface area contributed by atoms with Gasteiger partial charge in [0.15, 0.2) is 0 Å². The minimum atomic E-state index is -0.456. The molecule has 2 N–H and O–H groups in total. The number of aliphatic hydroxyl groups is 1. The SMILES string of the molecule is COC(=O)C1=C2N[C@@H]3C(OC)=CC=C[C@@H]3[C@]23CCN2C[C@H]([C@H](C)O)[C@@H]1C[C@H]23. The van der Waals surface area contributed by atoms with Crippen molar-refractivity contribution in [2.75, 3.05) is 27.3 Å². The van der Waals surface area contributed by atoms with Crippen LogP contribution in [-0.4, -0.2) is 61.5 Å². The molecule has 0 amide bonds. The maximum atomic E-state index is 12.9. The minimum absolute atomic E-state index is 0.0338. The predicted molar refractivity (Wildman–Crippen MR) is 99.4 cm³/mol. The summed E-state index contributed by atoms with van der Waals surface area (Å²) in [5, 5.41) is 14.1. The van der Waals surface area contributed by atoms with Crippen LogP contribution in [0.4, 0.5) is 0 Å². The lowest BCUT2D eigenvalue weighted by atomic mass is 9.57. The first-order valence-corrected chi connectivity index (χ1v) is 9.97. The molecule has 0 unspecified atom stereocenters. The number of hydrogen-bond donors (Lipinski definition) is 2. The first kappa shape index (κ1) is 17.3. The van der Waals surface area contributed by atoms with E-state index in [0.29, 0.717) is 6.04 Å². The van der Waals surface area contributed by atoms with Crippen LogP contribution in [0.25, 0.3) is 0 Å². The van der Waals surface area contributed by atoms with E-state index in [1.165, 1.54) is 7.11 Å². The molecule has 6 heteroatoms. The van der Waals surface area contributed by atoms with Gasteiger partial charge < -0.3 is 19.9 Å². The number of nitrogens with zero attached hydrogens (tertiary/aromatic N) is 1. The van der Waals surface area contributed by atoms with Gasteiger partial charge in [-0.1, -0.05) is 12.2 Å². The summed E-state index contributed by atoms with van der Waals surface area (Å²) < 4.78 is 10.9. The molecule has 3 saturated heterocycles. The molecule has 7 atom stereocenters. The Hall–Kier alpha value is -1.79. The topological polar surface area (TPSA) is 71.0 Å². The van der Waals surface area contributed by atoms with Crippen LogP contribution in [-0.2, 0) is 14.3 Å². The molecule has 6 nitrogen and oxygen atoms in total. The molecule has 3 fully saturated rings. The van der Waals surface area contributed by atoms with E-state index < -0.39 is 6.10 Å².